The van der Waals surface area contributed by atoms with Crippen LogP contribution in [0.1, 0.15) is 5.56 Å². The van der Waals surface area contributed by atoms with E-state index in [1.807, 2.05) is 72.8 Å². The van der Waals surface area contributed by atoms with E-state index in [-0.39, 0.29) is 0 Å². The summed E-state index contributed by atoms with van der Waals surface area (Å²) in [7, 11) is 1.64. The van der Waals surface area contributed by atoms with Crippen molar-refractivity contribution in [2.45, 2.75) is 0 Å². The van der Waals surface area contributed by atoms with Gasteiger partial charge in [0.05, 0.1) is 13.4 Å². The maximum Gasteiger partial charge on any atom is 0.227 e. The Balaban J connectivity index is 1.82. The molecule has 0 saturated carbocycles. The Labute approximate surface area is 179 Å². The van der Waals surface area contributed by atoms with E-state index in [0.717, 1.165) is 44.1 Å². The number of fused-ring (bicyclic) bond motifs is 2. The van der Waals surface area contributed by atoms with Crippen LogP contribution in [0, 0.1) is 0 Å². The molecular formula is C26H18ClNO2. The van der Waals surface area contributed by atoms with E-state index >= 15 is 0 Å². The van der Waals surface area contributed by atoms with Crippen molar-refractivity contribution in [2.75, 3.05) is 7.11 Å². The molecule has 0 aliphatic heterocycles. The van der Waals surface area contributed by atoms with Gasteiger partial charge in [-0.2, -0.15) is 0 Å². The number of benzene rings is 4. The number of halogens is 1. The van der Waals surface area contributed by atoms with Crippen LogP contribution in [-0.2, 0) is 4.74 Å². The summed E-state index contributed by atoms with van der Waals surface area (Å²) >= 11 is 6.50. The minimum absolute atomic E-state index is 0.602. The summed E-state index contributed by atoms with van der Waals surface area (Å²) in [4.78, 5) is 4.72. The van der Waals surface area contributed by atoms with Crippen LogP contribution in [0.15, 0.2) is 89.5 Å². The zero-order valence-corrected chi connectivity index (χ0v) is 17.1. The first-order valence-corrected chi connectivity index (χ1v) is 10.00. The van der Waals surface area contributed by atoms with Crippen LogP contribution in [-0.4, -0.2) is 12.1 Å². The third kappa shape index (κ3) is 3.14. The second kappa shape index (κ2) is 7.69. The van der Waals surface area contributed by atoms with Crippen molar-refractivity contribution in [1.29, 1.82) is 0 Å². The van der Waals surface area contributed by atoms with Gasteiger partial charge in [0.2, 0.25) is 5.89 Å². The zero-order valence-electron chi connectivity index (χ0n) is 16.3. The topological polar surface area (TPSA) is 35.3 Å². The van der Waals surface area contributed by atoms with E-state index in [1.54, 1.807) is 13.4 Å². The number of aromatic nitrogens is 1. The summed E-state index contributed by atoms with van der Waals surface area (Å²) < 4.78 is 11.5. The van der Waals surface area contributed by atoms with E-state index < -0.39 is 0 Å². The third-order valence-electron chi connectivity index (χ3n) is 5.13. The summed E-state index contributed by atoms with van der Waals surface area (Å²) in [6.07, 6.45) is 3.62. The summed E-state index contributed by atoms with van der Waals surface area (Å²) in [6.45, 7) is 0. The van der Waals surface area contributed by atoms with Crippen LogP contribution in [0.4, 0.5) is 0 Å². The molecule has 0 bridgehead atoms. The van der Waals surface area contributed by atoms with Crippen molar-refractivity contribution in [3.63, 3.8) is 0 Å². The van der Waals surface area contributed by atoms with Gasteiger partial charge < -0.3 is 9.15 Å². The normalized spacial score (nSPS) is 11.5. The smallest absolute Gasteiger partial charge is 0.227 e. The first-order chi connectivity index (χ1) is 14.8. The monoisotopic (exact) mass is 411 g/mol. The molecule has 5 aromatic rings. The maximum atomic E-state index is 6.50. The Morgan fingerprint density at radius 1 is 0.867 bits per heavy atom. The van der Waals surface area contributed by atoms with Crippen LogP contribution in [0.5, 0.6) is 0 Å². The molecule has 0 unspecified atom stereocenters. The minimum atomic E-state index is 0.602. The van der Waals surface area contributed by atoms with Gasteiger partial charge in [-0.1, -0.05) is 66.2 Å². The summed E-state index contributed by atoms with van der Waals surface area (Å²) in [5.74, 6) is 0.602. The molecule has 0 fully saturated rings. The molecule has 0 radical (unpaired) electrons. The van der Waals surface area contributed by atoms with Crippen LogP contribution in [0.2, 0.25) is 5.02 Å². The van der Waals surface area contributed by atoms with Crippen molar-refractivity contribution in [1.82, 2.24) is 4.98 Å². The molecule has 30 heavy (non-hydrogen) atoms. The number of oxazole rings is 1. The molecule has 0 aliphatic rings. The third-order valence-corrected chi connectivity index (χ3v) is 5.46. The lowest BCUT2D eigenvalue weighted by atomic mass is 9.92. The van der Waals surface area contributed by atoms with Gasteiger partial charge in [0.15, 0.2) is 5.58 Å². The standard InChI is InChI=1S/C26H18ClNO2/c1-29-16-15-17-13-14-19-20(9-5-11-22(19)27)24(17)21-10-6-12-23-25(21)30-26(28-23)18-7-3-2-4-8-18/h2-16H,1H3/b16-15+. The van der Waals surface area contributed by atoms with Crippen LogP contribution >= 0.6 is 11.6 Å². The first kappa shape index (κ1) is 18.5. The molecule has 0 amide bonds. The molecule has 0 atom stereocenters. The fourth-order valence-electron chi connectivity index (χ4n) is 3.77. The molecule has 4 aromatic carbocycles. The number of methoxy groups -OCH3 is 1. The highest BCUT2D eigenvalue weighted by atomic mass is 35.5. The van der Waals surface area contributed by atoms with Gasteiger partial charge in [-0.15, -0.1) is 0 Å². The van der Waals surface area contributed by atoms with Gasteiger partial charge >= 0.3 is 0 Å². The van der Waals surface area contributed by atoms with E-state index in [4.69, 9.17) is 25.7 Å². The van der Waals surface area contributed by atoms with Gasteiger partial charge in [-0.3, -0.25) is 0 Å². The Bertz CT molecular complexity index is 1390. The fourth-order valence-corrected chi connectivity index (χ4v) is 4.00. The Morgan fingerprint density at radius 2 is 1.70 bits per heavy atom. The van der Waals surface area contributed by atoms with Gasteiger partial charge in [-0.05, 0) is 41.3 Å². The predicted octanol–water partition coefficient (Wildman–Crippen LogP) is 7.59. The van der Waals surface area contributed by atoms with E-state index in [9.17, 15) is 0 Å². The molecule has 0 aliphatic carbocycles. The van der Waals surface area contributed by atoms with Gasteiger partial charge in [0, 0.05) is 27.1 Å². The lowest BCUT2D eigenvalue weighted by Gasteiger charge is -2.12. The molecule has 1 heterocycles. The van der Waals surface area contributed by atoms with Crippen LogP contribution in [0.25, 0.3) is 50.5 Å². The molecular weight excluding hydrogens is 394 g/mol. The van der Waals surface area contributed by atoms with Crippen molar-refractivity contribution in [2.24, 2.45) is 0 Å². The highest BCUT2D eigenvalue weighted by Gasteiger charge is 2.17. The zero-order chi connectivity index (χ0) is 20.5. The number of ether oxygens (including phenoxy) is 1. The van der Waals surface area contributed by atoms with Crippen molar-refractivity contribution in [3.05, 3.63) is 95.7 Å². The second-order valence-electron chi connectivity index (χ2n) is 6.94. The number of hydrogen-bond donors (Lipinski definition) is 0. The average molecular weight is 412 g/mol. The van der Waals surface area contributed by atoms with Crippen LogP contribution in [0.3, 0.4) is 0 Å². The first-order valence-electron chi connectivity index (χ1n) is 9.62. The average Bonchev–Trinajstić information content (AvgIpc) is 3.23. The molecule has 0 saturated heterocycles. The summed E-state index contributed by atoms with van der Waals surface area (Å²) in [6, 6.07) is 26.0. The lowest BCUT2D eigenvalue weighted by Crippen LogP contribution is -1.88. The largest absolute Gasteiger partial charge is 0.504 e. The molecule has 146 valence electrons. The van der Waals surface area contributed by atoms with Gasteiger partial charge in [-0.25, -0.2) is 4.98 Å². The minimum Gasteiger partial charge on any atom is -0.504 e. The SMILES string of the molecule is CO/C=C/c1ccc2c(Cl)cccc2c1-c1cccc2nc(-c3ccccc3)oc12. The van der Waals surface area contributed by atoms with E-state index in [2.05, 4.69) is 12.1 Å². The summed E-state index contributed by atoms with van der Waals surface area (Å²) in [5, 5.41) is 2.75. The molecule has 4 heteroatoms. The van der Waals surface area contributed by atoms with Gasteiger partial charge in [0.1, 0.15) is 5.52 Å². The van der Waals surface area contributed by atoms with Crippen LogP contribution < -0.4 is 0 Å². The Morgan fingerprint density at radius 3 is 2.53 bits per heavy atom. The molecule has 0 N–H and O–H groups in total. The second-order valence-corrected chi connectivity index (χ2v) is 7.35. The predicted molar refractivity (Wildman–Crippen MR) is 123 cm³/mol. The number of rotatable bonds is 4. The Kier molecular flexibility index (Phi) is 4.74. The maximum absolute atomic E-state index is 6.50. The lowest BCUT2D eigenvalue weighted by molar-refractivity contribution is 0.341. The molecule has 0 spiro atoms. The fraction of sp³-hybridized carbons (Fsp3) is 0.0385. The molecule has 1 aromatic heterocycles. The summed E-state index contributed by atoms with van der Waals surface area (Å²) in [5.41, 5.74) is 5.51. The Hall–Kier alpha value is -3.56. The van der Waals surface area contributed by atoms with E-state index in [0.29, 0.717) is 10.9 Å². The number of hydrogen-bond acceptors (Lipinski definition) is 3. The van der Waals surface area contributed by atoms with Crippen molar-refractivity contribution >= 4 is 39.5 Å². The quantitative estimate of drug-likeness (QED) is 0.286. The van der Waals surface area contributed by atoms with Crippen molar-refractivity contribution < 1.29 is 9.15 Å². The molecule has 3 nitrogen and oxygen atoms in total. The van der Waals surface area contributed by atoms with Gasteiger partial charge in [0.25, 0.3) is 0 Å². The number of para-hydroxylation sites is 1. The number of nitrogens with zero attached hydrogens (tertiary/aromatic N) is 1. The van der Waals surface area contributed by atoms with Crippen molar-refractivity contribution in [3.8, 4) is 22.6 Å². The highest BCUT2D eigenvalue weighted by molar-refractivity contribution is 6.36. The van der Waals surface area contributed by atoms with E-state index in [1.165, 1.54) is 0 Å². The molecule has 5 rings (SSSR count). The highest BCUT2D eigenvalue weighted by Crippen LogP contribution is 2.40.